The maximum atomic E-state index is 4.37. The molecular formula is C2H6P2S2. The molecule has 0 bridgehead atoms. The fraction of sp³-hybridized carbons (Fsp3) is 1.00. The third-order valence-corrected chi connectivity index (χ3v) is 0. The van der Waals surface area contributed by atoms with Gasteiger partial charge in [0, 0.05) is 0 Å². The predicted octanol–water partition coefficient (Wildman–Crippen LogP) is 2.05. The van der Waals surface area contributed by atoms with Crippen LogP contribution in [-0.4, -0.2) is 13.3 Å². The van der Waals surface area contributed by atoms with Crippen LogP contribution in [0.1, 0.15) is 0 Å². The first-order chi connectivity index (χ1) is 2.83. The van der Waals surface area contributed by atoms with Crippen molar-refractivity contribution in [2.24, 2.45) is 0 Å². The van der Waals surface area contributed by atoms with Gasteiger partial charge in [-0.15, -0.1) is 0 Å². The smallest absolute Gasteiger partial charge is 0.0118 e. The summed E-state index contributed by atoms with van der Waals surface area (Å²) in [5.41, 5.74) is 0. The second-order valence-electron chi connectivity index (χ2n) is 0.365. The Hall–Kier alpha value is 1.04. The van der Waals surface area contributed by atoms with Crippen molar-refractivity contribution in [1.29, 1.82) is 0 Å². The summed E-state index contributed by atoms with van der Waals surface area (Å²) >= 11 is 8.73. The quantitative estimate of drug-likeness (QED) is 0.492. The molecule has 0 aliphatic carbocycles. The van der Waals surface area contributed by atoms with Crippen LogP contribution in [0.4, 0.5) is 0 Å². The molecule has 0 aliphatic heterocycles. The molecule has 0 saturated heterocycles. The monoisotopic (exact) mass is 156 g/mol. The summed E-state index contributed by atoms with van der Waals surface area (Å²) in [5.74, 6) is 0. The molecule has 0 saturated carbocycles. The van der Waals surface area contributed by atoms with Gasteiger partial charge in [0.1, 0.15) is 0 Å². The minimum atomic E-state index is 1.00. The standard InChI is InChI=1S/2CH3PS/c2*1-2-3/h2*1H3. The van der Waals surface area contributed by atoms with Gasteiger partial charge in [0.25, 0.3) is 0 Å². The summed E-state index contributed by atoms with van der Waals surface area (Å²) in [4.78, 5) is 0. The van der Waals surface area contributed by atoms with Crippen molar-refractivity contribution in [3.8, 4) is 0 Å². The van der Waals surface area contributed by atoms with Gasteiger partial charge >= 0.3 is 0 Å². The molecular weight excluding hydrogens is 150 g/mol. The summed E-state index contributed by atoms with van der Waals surface area (Å²) in [6.07, 6.45) is 0. The van der Waals surface area contributed by atoms with E-state index in [1.165, 1.54) is 0 Å². The van der Waals surface area contributed by atoms with Gasteiger partial charge in [-0.3, -0.25) is 0 Å². The van der Waals surface area contributed by atoms with Crippen LogP contribution in [0.2, 0.25) is 0 Å². The molecule has 4 heteroatoms. The zero-order valence-corrected chi connectivity index (χ0v) is 7.13. The zero-order valence-electron chi connectivity index (χ0n) is 3.71. The normalized spacial score (nSPS) is 7.00. The Morgan fingerprint density at radius 3 is 1.00 bits per heavy atom. The average Bonchev–Trinajstić information content (AvgIpc) is 1.39. The van der Waals surface area contributed by atoms with Crippen LogP contribution in [0.15, 0.2) is 0 Å². The first kappa shape index (κ1) is 10.1. The lowest BCUT2D eigenvalue weighted by molar-refractivity contribution is 2.52. The van der Waals surface area contributed by atoms with E-state index in [-0.39, 0.29) is 0 Å². The van der Waals surface area contributed by atoms with E-state index < -0.39 is 0 Å². The Morgan fingerprint density at radius 2 is 1.00 bits per heavy atom. The van der Waals surface area contributed by atoms with Gasteiger partial charge in [-0.1, -0.05) is 23.6 Å². The summed E-state index contributed by atoms with van der Waals surface area (Å²) < 4.78 is 0. The van der Waals surface area contributed by atoms with Crippen molar-refractivity contribution in [2.45, 2.75) is 0 Å². The van der Waals surface area contributed by atoms with E-state index in [1.807, 2.05) is 13.3 Å². The highest BCUT2D eigenvalue weighted by atomic mass is 32.4. The fourth-order valence-corrected chi connectivity index (χ4v) is 0. The molecule has 0 N–H and O–H groups in total. The highest BCUT2D eigenvalue weighted by molar-refractivity contribution is 7.96. The lowest BCUT2D eigenvalue weighted by Crippen LogP contribution is -0.967. The van der Waals surface area contributed by atoms with E-state index in [9.17, 15) is 0 Å². The van der Waals surface area contributed by atoms with E-state index in [2.05, 4.69) is 23.6 Å². The SMILES string of the molecule is CP=S.CP=S. The Balaban J connectivity index is 0. The minimum Gasteiger partial charge on any atom is -0.0581 e. The van der Waals surface area contributed by atoms with Crippen LogP contribution in [0, 0.1) is 0 Å². The van der Waals surface area contributed by atoms with Gasteiger partial charge in [-0.05, 0) is 28.0 Å². The maximum Gasteiger partial charge on any atom is -0.0118 e. The van der Waals surface area contributed by atoms with E-state index in [4.69, 9.17) is 0 Å². The first-order valence-electron chi connectivity index (χ1n) is 1.26. The Labute approximate surface area is 52.0 Å². The van der Waals surface area contributed by atoms with Crippen LogP contribution in [0.3, 0.4) is 0 Å². The molecule has 0 aliphatic rings. The first-order valence-corrected chi connectivity index (χ1v) is 5.97. The molecule has 0 fully saturated rings. The molecule has 0 aromatic rings. The number of hydrogen-bond donors (Lipinski definition) is 0. The van der Waals surface area contributed by atoms with Gasteiger partial charge in [0.05, 0.1) is 0 Å². The molecule has 0 unspecified atom stereocenters. The summed E-state index contributed by atoms with van der Waals surface area (Å²) in [7, 11) is 2.00. The van der Waals surface area contributed by atoms with Crippen LogP contribution in [0.5, 0.6) is 0 Å². The van der Waals surface area contributed by atoms with Crippen LogP contribution in [-0.2, 0) is 23.6 Å². The van der Waals surface area contributed by atoms with Gasteiger partial charge in [-0.25, -0.2) is 0 Å². The van der Waals surface area contributed by atoms with Gasteiger partial charge in [0.15, 0.2) is 0 Å². The molecule has 0 spiro atoms. The number of hydrogen-bond acceptors (Lipinski definition) is 2. The summed E-state index contributed by atoms with van der Waals surface area (Å²) in [6.45, 7) is 3.82. The van der Waals surface area contributed by atoms with E-state index >= 15 is 0 Å². The lowest BCUT2D eigenvalue weighted by atomic mass is 12.0. The van der Waals surface area contributed by atoms with Crippen molar-refractivity contribution in [3.05, 3.63) is 0 Å². The lowest BCUT2D eigenvalue weighted by Gasteiger charge is -1.25. The molecule has 36 valence electrons. The average molecular weight is 156 g/mol. The van der Waals surface area contributed by atoms with Gasteiger partial charge in [-0.2, -0.15) is 0 Å². The fourth-order valence-electron chi connectivity index (χ4n) is 0. The topological polar surface area (TPSA) is 0 Å². The minimum absolute atomic E-state index is 1.00. The highest BCUT2D eigenvalue weighted by Gasteiger charge is 1.20. The number of rotatable bonds is 0. The van der Waals surface area contributed by atoms with Crippen LogP contribution < -0.4 is 0 Å². The zero-order chi connectivity index (χ0) is 5.41. The Kier molecular flexibility index (Phi) is 28.0. The van der Waals surface area contributed by atoms with Crippen molar-refractivity contribution in [1.82, 2.24) is 0 Å². The van der Waals surface area contributed by atoms with Crippen molar-refractivity contribution in [3.63, 3.8) is 0 Å². The third-order valence-electron chi connectivity index (χ3n) is 0. The second-order valence-corrected chi connectivity index (χ2v) is 3.29. The van der Waals surface area contributed by atoms with Gasteiger partial charge in [0.2, 0.25) is 0 Å². The Bertz CT molecular complexity index is 30.5. The van der Waals surface area contributed by atoms with E-state index in [1.54, 1.807) is 0 Å². The highest BCUT2D eigenvalue weighted by Crippen LogP contribution is 1.69. The predicted molar refractivity (Wildman–Crippen MR) is 40.4 cm³/mol. The largest absolute Gasteiger partial charge is 0.0581 e. The molecule has 0 nitrogen and oxygen atoms in total. The molecule has 0 amide bonds. The molecule has 0 radical (unpaired) electrons. The van der Waals surface area contributed by atoms with Crippen LogP contribution >= 0.6 is 14.7 Å². The molecule has 0 aromatic carbocycles. The second kappa shape index (κ2) is 16.6. The van der Waals surface area contributed by atoms with E-state index in [0.717, 1.165) is 14.7 Å². The van der Waals surface area contributed by atoms with Crippen molar-refractivity contribution in [2.75, 3.05) is 13.3 Å². The van der Waals surface area contributed by atoms with Crippen molar-refractivity contribution >= 4 is 38.3 Å². The molecule has 0 atom stereocenters. The van der Waals surface area contributed by atoms with E-state index in [0.29, 0.717) is 0 Å². The maximum absolute atomic E-state index is 4.37. The molecule has 0 rings (SSSR count). The Morgan fingerprint density at radius 1 is 1.00 bits per heavy atom. The van der Waals surface area contributed by atoms with Gasteiger partial charge < -0.3 is 0 Å². The van der Waals surface area contributed by atoms with Crippen molar-refractivity contribution < 1.29 is 0 Å². The molecule has 6 heavy (non-hydrogen) atoms. The molecule has 0 aromatic heterocycles. The molecule has 0 heterocycles. The summed E-state index contributed by atoms with van der Waals surface area (Å²) in [5, 5.41) is 0. The summed E-state index contributed by atoms with van der Waals surface area (Å²) in [6, 6.07) is 0. The third kappa shape index (κ3) is 76.1. The van der Waals surface area contributed by atoms with Crippen LogP contribution in [0.25, 0.3) is 0 Å².